The molecule has 1 saturated heterocycles. The zero-order chi connectivity index (χ0) is 21.7. The molecule has 0 aromatic heterocycles. The van der Waals surface area contributed by atoms with Gasteiger partial charge in [0, 0.05) is 45.0 Å². The highest BCUT2D eigenvalue weighted by atomic mass is 16.5. The summed E-state index contributed by atoms with van der Waals surface area (Å²) in [6, 6.07) is 16.7. The minimum absolute atomic E-state index is 0.0290. The fourth-order valence-electron chi connectivity index (χ4n) is 3.75. The zero-order valence-corrected chi connectivity index (χ0v) is 18.9. The topological polar surface area (TPSA) is 44.8 Å². The SMILES string of the molecule is CN(C)c1ccc([C@H](CNC(=O)c2ccc(C(C)(C)C)cc2)N2CCOCC2)cc1. The molecule has 3 rings (SSSR count). The highest BCUT2D eigenvalue weighted by molar-refractivity contribution is 5.94. The number of carbonyl (C=O) groups excluding carboxylic acids is 1. The number of nitrogens with one attached hydrogen (secondary N) is 1. The van der Waals surface area contributed by atoms with Gasteiger partial charge in [0.1, 0.15) is 0 Å². The molecule has 1 heterocycles. The summed E-state index contributed by atoms with van der Waals surface area (Å²) in [7, 11) is 4.08. The first-order valence-electron chi connectivity index (χ1n) is 10.7. The molecule has 1 atom stereocenters. The maximum absolute atomic E-state index is 12.8. The normalized spacial score (nSPS) is 16.2. The Labute approximate surface area is 181 Å². The van der Waals surface area contributed by atoms with Crippen molar-refractivity contribution < 1.29 is 9.53 Å². The minimum atomic E-state index is -0.0290. The van der Waals surface area contributed by atoms with Crippen LogP contribution in [0.3, 0.4) is 0 Å². The maximum atomic E-state index is 12.8. The average Bonchev–Trinajstić information content (AvgIpc) is 2.74. The number of hydrogen-bond acceptors (Lipinski definition) is 4. The van der Waals surface area contributed by atoms with Crippen LogP contribution < -0.4 is 10.2 Å². The highest BCUT2D eigenvalue weighted by Gasteiger charge is 2.23. The number of nitrogens with zero attached hydrogens (tertiary/aromatic N) is 2. The Hall–Kier alpha value is -2.37. The molecule has 5 heteroatoms. The minimum Gasteiger partial charge on any atom is -0.379 e. The molecule has 1 aliphatic rings. The summed E-state index contributed by atoms with van der Waals surface area (Å²) in [6.45, 7) is 10.3. The third-order valence-electron chi connectivity index (χ3n) is 5.75. The Bertz CT molecular complexity index is 817. The quantitative estimate of drug-likeness (QED) is 0.787. The van der Waals surface area contributed by atoms with Gasteiger partial charge in [-0.15, -0.1) is 0 Å². The van der Waals surface area contributed by atoms with Gasteiger partial charge in [0.2, 0.25) is 0 Å². The van der Waals surface area contributed by atoms with Gasteiger partial charge in [-0.1, -0.05) is 45.0 Å². The van der Waals surface area contributed by atoms with Crippen LogP contribution in [0.2, 0.25) is 0 Å². The monoisotopic (exact) mass is 409 g/mol. The molecule has 1 N–H and O–H groups in total. The standard InChI is InChI=1S/C25H35N3O2/c1-25(2,3)21-10-6-20(7-11-21)24(29)26-18-23(28-14-16-30-17-15-28)19-8-12-22(13-9-19)27(4)5/h6-13,23H,14-18H2,1-5H3,(H,26,29)/t23-/m0/s1. The largest absolute Gasteiger partial charge is 0.379 e. The summed E-state index contributed by atoms with van der Waals surface area (Å²) in [5.41, 5.74) is 4.39. The summed E-state index contributed by atoms with van der Waals surface area (Å²) in [5, 5.41) is 3.16. The summed E-state index contributed by atoms with van der Waals surface area (Å²) in [4.78, 5) is 17.3. The molecule has 1 aliphatic heterocycles. The second-order valence-electron chi connectivity index (χ2n) is 9.19. The lowest BCUT2D eigenvalue weighted by atomic mass is 9.87. The number of rotatable bonds is 6. The van der Waals surface area contributed by atoms with Crippen LogP contribution in [-0.2, 0) is 10.2 Å². The van der Waals surface area contributed by atoms with E-state index in [1.54, 1.807) is 0 Å². The molecule has 1 fully saturated rings. The first kappa shape index (κ1) is 22.3. The van der Waals surface area contributed by atoms with Gasteiger partial charge in [0.25, 0.3) is 5.91 Å². The molecule has 0 aliphatic carbocycles. The number of amides is 1. The van der Waals surface area contributed by atoms with Crippen molar-refractivity contribution in [3.8, 4) is 0 Å². The van der Waals surface area contributed by atoms with Gasteiger partial charge in [0.15, 0.2) is 0 Å². The van der Waals surface area contributed by atoms with Crippen LogP contribution in [0.5, 0.6) is 0 Å². The van der Waals surface area contributed by atoms with Crippen LogP contribution in [0.4, 0.5) is 5.69 Å². The zero-order valence-electron chi connectivity index (χ0n) is 18.9. The third-order valence-corrected chi connectivity index (χ3v) is 5.75. The third kappa shape index (κ3) is 5.61. The van der Waals surface area contributed by atoms with Gasteiger partial charge in [0.05, 0.1) is 19.3 Å². The predicted molar refractivity (Wildman–Crippen MR) is 123 cm³/mol. The van der Waals surface area contributed by atoms with E-state index >= 15 is 0 Å². The molecular formula is C25H35N3O2. The Morgan fingerprint density at radius 2 is 1.63 bits per heavy atom. The number of carbonyl (C=O) groups is 1. The van der Waals surface area contributed by atoms with E-state index in [1.165, 1.54) is 16.8 Å². The lowest BCUT2D eigenvalue weighted by Crippen LogP contribution is -2.43. The van der Waals surface area contributed by atoms with Gasteiger partial charge < -0.3 is 15.0 Å². The number of ether oxygens (including phenoxy) is 1. The van der Waals surface area contributed by atoms with Gasteiger partial charge in [-0.05, 0) is 40.8 Å². The fourth-order valence-corrected chi connectivity index (χ4v) is 3.75. The summed E-state index contributed by atoms with van der Waals surface area (Å²) < 4.78 is 5.53. The molecule has 162 valence electrons. The molecule has 0 unspecified atom stereocenters. The molecule has 30 heavy (non-hydrogen) atoms. The van der Waals surface area contributed by atoms with Crippen molar-refractivity contribution in [1.82, 2.24) is 10.2 Å². The van der Waals surface area contributed by atoms with Crippen molar-refractivity contribution in [3.63, 3.8) is 0 Å². The van der Waals surface area contributed by atoms with Gasteiger partial charge in [-0.25, -0.2) is 0 Å². The van der Waals surface area contributed by atoms with Crippen molar-refractivity contribution in [2.24, 2.45) is 0 Å². The van der Waals surface area contributed by atoms with E-state index in [1.807, 2.05) is 38.4 Å². The molecule has 2 aromatic carbocycles. The first-order chi connectivity index (χ1) is 14.3. The van der Waals surface area contributed by atoms with Crippen LogP contribution >= 0.6 is 0 Å². The Balaban J connectivity index is 1.72. The number of morpholine rings is 1. The van der Waals surface area contributed by atoms with E-state index in [9.17, 15) is 4.79 Å². The Morgan fingerprint density at radius 1 is 1.03 bits per heavy atom. The van der Waals surface area contributed by atoms with E-state index in [0.29, 0.717) is 12.1 Å². The van der Waals surface area contributed by atoms with Gasteiger partial charge in [-0.2, -0.15) is 0 Å². The van der Waals surface area contributed by atoms with Crippen LogP contribution in [0.15, 0.2) is 48.5 Å². The van der Waals surface area contributed by atoms with E-state index < -0.39 is 0 Å². The van der Waals surface area contributed by atoms with Crippen LogP contribution in [0, 0.1) is 0 Å². The van der Waals surface area contributed by atoms with Crippen molar-refractivity contribution in [3.05, 3.63) is 65.2 Å². The van der Waals surface area contributed by atoms with Crippen molar-refractivity contribution in [2.45, 2.75) is 32.2 Å². The van der Waals surface area contributed by atoms with Crippen molar-refractivity contribution in [2.75, 3.05) is 51.8 Å². The van der Waals surface area contributed by atoms with E-state index in [2.05, 4.69) is 60.2 Å². The summed E-state index contributed by atoms with van der Waals surface area (Å²) in [6.07, 6.45) is 0. The predicted octanol–water partition coefficient (Wildman–Crippen LogP) is 3.85. The number of anilines is 1. The smallest absolute Gasteiger partial charge is 0.251 e. The van der Waals surface area contributed by atoms with Gasteiger partial charge >= 0.3 is 0 Å². The molecule has 5 nitrogen and oxygen atoms in total. The molecular weight excluding hydrogens is 374 g/mol. The second kappa shape index (κ2) is 9.63. The molecule has 2 aromatic rings. The molecule has 1 amide bonds. The van der Waals surface area contributed by atoms with Crippen molar-refractivity contribution >= 4 is 11.6 Å². The molecule has 0 radical (unpaired) electrons. The van der Waals surface area contributed by atoms with Crippen LogP contribution in [0.25, 0.3) is 0 Å². The van der Waals surface area contributed by atoms with E-state index in [0.717, 1.165) is 26.3 Å². The fraction of sp³-hybridized carbons (Fsp3) is 0.480. The lowest BCUT2D eigenvalue weighted by molar-refractivity contribution is 0.0162. The van der Waals surface area contributed by atoms with Gasteiger partial charge in [-0.3, -0.25) is 9.69 Å². The van der Waals surface area contributed by atoms with E-state index in [-0.39, 0.29) is 17.4 Å². The highest BCUT2D eigenvalue weighted by Crippen LogP contribution is 2.25. The summed E-state index contributed by atoms with van der Waals surface area (Å²) >= 11 is 0. The lowest BCUT2D eigenvalue weighted by Gasteiger charge is -2.35. The number of benzene rings is 2. The Morgan fingerprint density at radius 3 is 2.17 bits per heavy atom. The molecule has 0 spiro atoms. The van der Waals surface area contributed by atoms with E-state index in [4.69, 9.17) is 4.74 Å². The first-order valence-corrected chi connectivity index (χ1v) is 10.7. The maximum Gasteiger partial charge on any atom is 0.251 e. The average molecular weight is 410 g/mol. The summed E-state index contributed by atoms with van der Waals surface area (Å²) in [5.74, 6) is -0.0290. The number of hydrogen-bond donors (Lipinski definition) is 1. The molecule has 0 saturated carbocycles. The Kier molecular flexibility index (Phi) is 7.16. The second-order valence-corrected chi connectivity index (χ2v) is 9.19. The molecule has 0 bridgehead atoms. The van der Waals surface area contributed by atoms with Crippen molar-refractivity contribution in [1.29, 1.82) is 0 Å². The van der Waals surface area contributed by atoms with Crippen LogP contribution in [-0.4, -0.2) is 57.8 Å². The van der Waals surface area contributed by atoms with Crippen LogP contribution in [0.1, 0.15) is 48.3 Å².